The number of aliphatic carboxylic acids is 1. The Morgan fingerprint density at radius 1 is 1.33 bits per heavy atom. The van der Waals surface area contributed by atoms with E-state index in [4.69, 9.17) is 5.11 Å². The number of carboxylic acid groups (broad SMARTS) is 1. The fraction of sp³-hybridized carbons (Fsp3) is 0.462. The molecule has 0 saturated carbocycles. The Kier molecular flexibility index (Phi) is 6.76. The Labute approximate surface area is 124 Å². The fourth-order valence-corrected chi connectivity index (χ4v) is 2.81. The SMILES string of the molecule is CN(CCC(=O)O)S(=O)(=O)N[C@@H](CO)Cc1ccccc1. The van der Waals surface area contributed by atoms with Crippen LogP contribution in [0, 0.1) is 0 Å². The zero-order valence-corrected chi connectivity index (χ0v) is 12.6. The molecule has 1 atom stereocenters. The Bertz CT molecular complexity index is 547. The van der Waals surface area contributed by atoms with Crippen molar-refractivity contribution in [3.05, 3.63) is 35.9 Å². The largest absolute Gasteiger partial charge is 0.481 e. The number of hydrogen-bond acceptors (Lipinski definition) is 4. The standard InChI is InChI=1S/C13H20N2O5S/c1-15(8-7-13(17)18)21(19,20)14-12(10-16)9-11-5-3-2-4-6-11/h2-6,12,14,16H,7-10H2,1H3,(H,17,18)/t12-/m1/s1. The fourth-order valence-electron chi connectivity index (χ4n) is 1.72. The number of rotatable bonds is 9. The molecular formula is C13H20N2O5S. The molecule has 1 aromatic rings. The van der Waals surface area contributed by atoms with Gasteiger partial charge in [-0.05, 0) is 12.0 Å². The van der Waals surface area contributed by atoms with Crippen LogP contribution in [-0.4, -0.2) is 55.1 Å². The highest BCUT2D eigenvalue weighted by atomic mass is 32.2. The summed E-state index contributed by atoms with van der Waals surface area (Å²) >= 11 is 0. The lowest BCUT2D eigenvalue weighted by Gasteiger charge is -2.21. The van der Waals surface area contributed by atoms with E-state index >= 15 is 0 Å². The summed E-state index contributed by atoms with van der Waals surface area (Å²) in [4.78, 5) is 10.5. The van der Waals surface area contributed by atoms with Crippen molar-refractivity contribution in [3.63, 3.8) is 0 Å². The summed E-state index contributed by atoms with van der Waals surface area (Å²) in [5, 5.41) is 17.9. The summed E-state index contributed by atoms with van der Waals surface area (Å²) in [7, 11) is -2.53. The first-order chi connectivity index (χ1) is 9.85. The Balaban J connectivity index is 2.64. The van der Waals surface area contributed by atoms with Crippen molar-refractivity contribution >= 4 is 16.2 Å². The number of benzene rings is 1. The van der Waals surface area contributed by atoms with Gasteiger partial charge in [0, 0.05) is 13.6 Å². The van der Waals surface area contributed by atoms with Crippen molar-refractivity contribution in [2.75, 3.05) is 20.2 Å². The van der Waals surface area contributed by atoms with Gasteiger partial charge >= 0.3 is 5.97 Å². The van der Waals surface area contributed by atoms with Crippen LogP contribution in [0.4, 0.5) is 0 Å². The highest BCUT2D eigenvalue weighted by Gasteiger charge is 2.22. The molecule has 8 heteroatoms. The van der Waals surface area contributed by atoms with E-state index in [9.17, 15) is 18.3 Å². The lowest BCUT2D eigenvalue weighted by molar-refractivity contribution is -0.137. The zero-order chi connectivity index (χ0) is 15.9. The smallest absolute Gasteiger partial charge is 0.304 e. The topological polar surface area (TPSA) is 107 Å². The normalized spacial score (nSPS) is 13.3. The first-order valence-corrected chi connectivity index (χ1v) is 7.89. The van der Waals surface area contributed by atoms with E-state index in [0.717, 1.165) is 9.87 Å². The third kappa shape index (κ3) is 6.21. The van der Waals surface area contributed by atoms with Gasteiger partial charge in [-0.2, -0.15) is 17.4 Å². The predicted octanol–water partition coefficient (Wildman–Crippen LogP) is -0.169. The van der Waals surface area contributed by atoms with Gasteiger partial charge in [-0.1, -0.05) is 30.3 Å². The van der Waals surface area contributed by atoms with Crippen LogP contribution in [0.5, 0.6) is 0 Å². The van der Waals surface area contributed by atoms with Gasteiger partial charge in [0.1, 0.15) is 0 Å². The molecule has 0 aromatic heterocycles. The summed E-state index contributed by atoms with van der Waals surface area (Å²) < 4.78 is 27.3. The molecule has 0 unspecified atom stereocenters. The van der Waals surface area contributed by atoms with E-state index in [1.54, 1.807) is 0 Å². The van der Waals surface area contributed by atoms with E-state index in [-0.39, 0.29) is 19.6 Å². The average molecular weight is 316 g/mol. The van der Waals surface area contributed by atoms with Crippen molar-refractivity contribution in [2.24, 2.45) is 0 Å². The molecule has 21 heavy (non-hydrogen) atoms. The second-order valence-electron chi connectivity index (χ2n) is 4.66. The summed E-state index contributed by atoms with van der Waals surface area (Å²) in [6.07, 6.45) is 0.0726. The molecule has 1 aromatic carbocycles. The van der Waals surface area contributed by atoms with E-state index in [1.807, 2.05) is 30.3 Å². The first kappa shape index (κ1) is 17.6. The van der Waals surface area contributed by atoms with Crippen molar-refractivity contribution in [1.29, 1.82) is 0 Å². The molecule has 0 fully saturated rings. The van der Waals surface area contributed by atoms with Crippen LogP contribution in [-0.2, 0) is 21.4 Å². The Morgan fingerprint density at radius 2 is 1.95 bits per heavy atom. The van der Waals surface area contributed by atoms with Crippen LogP contribution < -0.4 is 4.72 Å². The maximum atomic E-state index is 12.0. The molecule has 0 aliphatic rings. The van der Waals surface area contributed by atoms with Crippen molar-refractivity contribution in [2.45, 2.75) is 18.9 Å². The molecule has 3 N–H and O–H groups in total. The second-order valence-corrected chi connectivity index (χ2v) is 6.47. The van der Waals surface area contributed by atoms with Gasteiger partial charge < -0.3 is 10.2 Å². The third-order valence-corrected chi connectivity index (χ3v) is 4.55. The van der Waals surface area contributed by atoms with Gasteiger partial charge in [0.05, 0.1) is 19.1 Å². The lowest BCUT2D eigenvalue weighted by atomic mass is 10.1. The second kappa shape index (κ2) is 8.08. The molecule has 0 radical (unpaired) electrons. The van der Waals surface area contributed by atoms with Gasteiger partial charge in [0.2, 0.25) is 0 Å². The van der Waals surface area contributed by atoms with Crippen LogP contribution >= 0.6 is 0 Å². The van der Waals surface area contributed by atoms with Crippen molar-refractivity contribution in [1.82, 2.24) is 9.03 Å². The van der Waals surface area contributed by atoms with Crippen LogP contribution in [0.2, 0.25) is 0 Å². The highest BCUT2D eigenvalue weighted by Crippen LogP contribution is 2.05. The minimum absolute atomic E-state index is 0.131. The summed E-state index contributed by atoms with van der Waals surface area (Å²) in [5.74, 6) is -1.07. The first-order valence-electron chi connectivity index (χ1n) is 6.45. The van der Waals surface area contributed by atoms with Crippen LogP contribution in [0.15, 0.2) is 30.3 Å². The molecule has 0 heterocycles. The van der Waals surface area contributed by atoms with Gasteiger partial charge in [-0.3, -0.25) is 4.79 Å². The van der Waals surface area contributed by atoms with Crippen LogP contribution in [0.3, 0.4) is 0 Å². The number of nitrogens with zero attached hydrogens (tertiary/aromatic N) is 1. The van der Waals surface area contributed by atoms with E-state index < -0.39 is 22.2 Å². The number of carbonyl (C=O) groups is 1. The third-order valence-electron chi connectivity index (χ3n) is 2.91. The minimum atomic E-state index is -3.83. The van der Waals surface area contributed by atoms with Gasteiger partial charge in [-0.15, -0.1) is 0 Å². The molecular weight excluding hydrogens is 296 g/mol. The zero-order valence-electron chi connectivity index (χ0n) is 11.8. The predicted molar refractivity (Wildman–Crippen MR) is 78.0 cm³/mol. The lowest BCUT2D eigenvalue weighted by Crippen LogP contribution is -2.46. The molecule has 0 amide bonds. The molecule has 0 aliphatic carbocycles. The number of aliphatic hydroxyl groups excluding tert-OH is 1. The molecule has 0 bridgehead atoms. The molecule has 0 aliphatic heterocycles. The quantitative estimate of drug-likeness (QED) is 0.586. The van der Waals surface area contributed by atoms with E-state index in [2.05, 4.69) is 4.72 Å². The number of nitrogens with one attached hydrogen (secondary N) is 1. The van der Waals surface area contributed by atoms with Gasteiger partial charge in [-0.25, -0.2) is 0 Å². The van der Waals surface area contributed by atoms with Crippen molar-refractivity contribution < 1.29 is 23.4 Å². The van der Waals surface area contributed by atoms with Gasteiger partial charge in [0.15, 0.2) is 0 Å². The molecule has 0 saturated heterocycles. The summed E-state index contributed by atoms with van der Waals surface area (Å²) in [5.41, 5.74) is 0.896. The van der Waals surface area contributed by atoms with Crippen LogP contribution in [0.25, 0.3) is 0 Å². The molecule has 1 rings (SSSR count). The van der Waals surface area contributed by atoms with Crippen molar-refractivity contribution in [3.8, 4) is 0 Å². The summed E-state index contributed by atoms with van der Waals surface area (Å²) in [6, 6.07) is 8.52. The maximum absolute atomic E-state index is 12.0. The van der Waals surface area contributed by atoms with Crippen LogP contribution in [0.1, 0.15) is 12.0 Å². The average Bonchev–Trinajstić information content (AvgIpc) is 2.44. The molecule has 7 nitrogen and oxygen atoms in total. The monoisotopic (exact) mass is 316 g/mol. The van der Waals surface area contributed by atoms with E-state index in [1.165, 1.54) is 7.05 Å². The number of aliphatic hydroxyl groups is 1. The number of carboxylic acids is 1. The van der Waals surface area contributed by atoms with E-state index in [0.29, 0.717) is 6.42 Å². The minimum Gasteiger partial charge on any atom is -0.481 e. The molecule has 118 valence electrons. The highest BCUT2D eigenvalue weighted by molar-refractivity contribution is 7.87. The maximum Gasteiger partial charge on any atom is 0.304 e. The Morgan fingerprint density at radius 3 is 2.48 bits per heavy atom. The summed E-state index contributed by atoms with van der Waals surface area (Å²) in [6.45, 7) is -0.477. The number of hydrogen-bond donors (Lipinski definition) is 3. The van der Waals surface area contributed by atoms with Gasteiger partial charge in [0.25, 0.3) is 10.2 Å². The Hall–Kier alpha value is -1.48. The molecule has 0 spiro atoms.